The average molecular weight is 232 g/mol. The lowest BCUT2D eigenvalue weighted by Crippen LogP contribution is -2.33. The molecule has 92 valence electrons. The molecule has 0 radical (unpaired) electrons. The molecule has 2 aliphatic heterocycles. The number of phenols is 1. The van der Waals surface area contributed by atoms with Crippen LogP contribution in [0.15, 0.2) is 18.2 Å². The normalized spacial score (nSPS) is 28.3. The molecule has 2 unspecified atom stereocenters. The number of aromatic hydroxyl groups is 1. The van der Waals surface area contributed by atoms with Gasteiger partial charge in [-0.2, -0.15) is 0 Å². The van der Waals surface area contributed by atoms with Gasteiger partial charge in [0.05, 0.1) is 0 Å². The molecular formula is C14H20N2O. The zero-order valence-electron chi connectivity index (χ0n) is 10.3. The summed E-state index contributed by atoms with van der Waals surface area (Å²) in [6.45, 7) is 4.41. The highest BCUT2D eigenvalue weighted by atomic mass is 16.3. The van der Waals surface area contributed by atoms with Gasteiger partial charge in [-0.25, -0.2) is 0 Å². The molecule has 2 N–H and O–H groups in total. The highest BCUT2D eigenvalue weighted by molar-refractivity contribution is 5.51. The van der Waals surface area contributed by atoms with Crippen molar-refractivity contribution in [1.82, 2.24) is 4.90 Å². The molecular weight excluding hydrogens is 212 g/mol. The third-order valence-electron chi connectivity index (χ3n) is 4.17. The van der Waals surface area contributed by atoms with Crippen LogP contribution in [0.5, 0.6) is 5.75 Å². The zero-order chi connectivity index (χ0) is 11.8. The first-order chi connectivity index (χ1) is 8.24. The van der Waals surface area contributed by atoms with Crippen LogP contribution in [0.25, 0.3) is 0 Å². The minimum absolute atomic E-state index is 0.385. The van der Waals surface area contributed by atoms with Gasteiger partial charge in [0, 0.05) is 30.4 Å². The molecule has 1 aromatic rings. The molecule has 0 spiro atoms. The predicted molar refractivity (Wildman–Crippen MR) is 69.5 cm³/mol. The molecule has 2 aliphatic rings. The summed E-state index contributed by atoms with van der Waals surface area (Å²) in [5.41, 5.74) is 1.98. The Labute approximate surface area is 102 Å². The molecule has 3 rings (SSSR count). The van der Waals surface area contributed by atoms with E-state index in [1.54, 1.807) is 0 Å². The molecule has 2 heterocycles. The quantitative estimate of drug-likeness (QED) is 0.821. The zero-order valence-corrected chi connectivity index (χ0v) is 10.3. The summed E-state index contributed by atoms with van der Waals surface area (Å²) in [5, 5.41) is 13.3. The first-order valence-corrected chi connectivity index (χ1v) is 6.54. The lowest BCUT2D eigenvalue weighted by atomic mass is 10.1. The molecule has 3 nitrogen and oxygen atoms in total. The van der Waals surface area contributed by atoms with E-state index in [4.69, 9.17) is 0 Å². The second-order valence-electron chi connectivity index (χ2n) is 5.29. The van der Waals surface area contributed by atoms with Gasteiger partial charge in [-0.1, -0.05) is 6.07 Å². The van der Waals surface area contributed by atoms with Gasteiger partial charge in [0.15, 0.2) is 0 Å². The fraction of sp³-hybridized carbons (Fsp3) is 0.571. The molecule has 1 aromatic carbocycles. The highest BCUT2D eigenvalue weighted by Crippen LogP contribution is 2.31. The van der Waals surface area contributed by atoms with Crippen molar-refractivity contribution in [1.29, 1.82) is 0 Å². The number of hydrogen-bond donors (Lipinski definition) is 2. The number of nitrogens with one attached hydrogen (secondary N) is 1. The van der Waals surface area contributed by atoms with Gasteiger partial charge in [0.1, 0.15) is 5.75 Å². The Bertz CT molecular complexity index is 419. The van der Waals surface area contributed by atoms with Crippen molar-refractivity contribution in [3.05, 3.63) is 23.8 Å². The van der Waals surface area contributed by atoms with E-state index in [9.17, 15) is 5.11 Å². The molecule has 0 aromatic heterocycles. The van der Waals surface area contributed by atoms with Gasteiger partial charge >= 0.3 is 0 Å². The maximum atomic E-state index is 9.71. The summed E-state index contributed by atoms with van der Waals surface area (Å²) in [6.07, 6.45) is 3.87. The summed E-state index contributed by atoms with van der Waals surface area (Å²) in [5.74, 6) is 0.385. The third-order valence-corrected chi connectivity index (χ3v) is 4.17. The molecule has 0 bridgehead atoms. The first-order valence-electron chi connectivity index (χ1n) is 6.54. The summed E-state index contributed by atoms with van der Waals surface area (Å²) < 4.78 is 0. The summed E-state index contributed by atoms with van der Waals surface area (Å²) >= 11 is 0. The largest absolute Gasteiger partial charge is 0.508 e. The third kappa shape index (κ3) is 2.00. The number of rotatable bonds is 2. The molecule has 0 amide bonds. The Hall–Kier alpha value is -1.22. The molecule has 0 saturated carbocycles. The van der Waals surface area contributed by atoms with E-state index >= 15 is 0 Å². The number of benzene rings is 1. The van der Waals surface area contributed by atoms with E-state index < -0.39 is 0 Å². The number of anilines is 1. The van der Waals surface area contributed by atoms with Gasteiger partial charge in [0.2, 0.25) is 0 Å². The molecule has 0 aliphatic carbocycles. The lowest BCUT2D eigenvalue weighted by molar-refractivity contribution is 0.318. The standard InChI is InChI=1S/C14H20N2O/c1-10-4-5-11(9-14(10)17)15-12-6-8-16-7-2-3-13(12)16/h4-5,9,12-13,15,17H,2-3,6-8H2,1H3. The van der Waals surface area contributed by atoms with Gasteiger partial charge < -0.3 is 10.4 Å². The van der Waals surface area contributed by atoms with Crippen LogP contribution in [0.3, 0.4) is 0 Å². The van der Waals surface area contributed by atoms with Crippen LogP contribution >= 0.6 is 0 Å². The van der Waals surface area contributed by atoms with Crippen molar-refractivity contribution in [2.75, 3.05) is 18.4 Å². The minimum Gasteiger partial charge on any atom is -0.508 e. The number of phenolic OH excluding ortho intramolecular Hbond substituents is 1. The summed E-state index contributed by atoms with van der Waals surface area (Å²) in [4.78, 5) is 2.59. The molecule has 3 heteroatoms. The SMILES string of the molecule is Cc1ccc(NC2CCN3CCCC23)cc1O. The van der Waals surface area contributed by atoms with Gasteiger partial charge in [-0.05, 0) is 44.4 Å². The molecule has 17 heavy (non-hydrogen) atoms. The van der Waals surface area contributed by atoms with Crippen LogP contribution in [0, 0.1) is 6.92 Å². The number of fused-ring (bicyclic) bond motifs is 1. The summed E-state index contributed by atoms with van der Waals surface area (Å²) in [7, 11) is 0. The van der Waals surface area contributed by atoms with Crippen LogP contribution in [0.1, 0.15) is 24.8 Å². The van der Waals surface area contributed by atoms with E-state index in [1.165, 1.54) is 32.4 Å². The second kappa shape index (κ2) is 4.22. The Kier molecular flexibility index (Phi) is 2.71. The summed E-state index contributed by atoms with van der Waals surface area (Å²) in [6, 6.07) is 7.14. The van der Waals surface area contributed by atoms with Crippen molar-refractivity contribution >= 4 is 5.69 Å². The number of nitrogens with zero attached hydrogens (tertiary/aromatic N) is 1. The van der Waals surface area contributed by atoms with Crippen molar-refractivity contribution < 1.29 is 5.11 Å². The fourth-order valence-corrected chi connectivity index (χ4v) is 3.16. The van der Waals surface area contributed by atoms with Crippen molar-refractivity contribution in [3.8, 4) is 5.75 Å². The van der Waals surface area contributed by atoms with Crippen molar-refractivity contribution in [2.45, 2.75) is 38.3 Å². The van der Waals surface area contributed by atoms with Gasteiger partial charge in [-0.15, -0.1) is 0 Å². The van der Waals surface area contributed by atoms with Crippen LogP contribution < -0.4 is 5.32 Å². The van der Waals surface area contributed by atoms with Crippen LogP contribution in [-0.4, -0.2) is 35.2 Å². The van der Waals surface area contributed by atoms with Gasteiger partial charge in [0.25, 0.3) is 0 Å². The molecule has 2 fully saturated rings. The smallest absolute Gasteiger partial charge is 0.120 e. The topological polar surface area (TPSA) is 35.5 Å². The van der Waals surface area contributed by atoms with E-state index in [0.29, 0.717) is 17.8 Å². The number of hydrogen-bond acceptors (Lipinski definition) is 3. The highest BCUT2D eigenvalue weighted by Gasteiger charge is 2.36. The van der Waals surface area contributed by atoms with E-state index in [-0.39, 0.29) is 0 Å². The maximum absolute atomic E-state index is 9.71. The lowest BCUT2D eigenvalue weighted by Gasteiger charge is -2.22. The van der Waals surface area contributed by atoms with E-state index in [2.05, 4.69) is 16.3 Å². The Balaban J connectivity index is 1.72. The van der Waals surface area contributed by atoms with Crippen LogP contribution in [0.4, 0.5) is 5.69 Å². The van der Waals surface area contributed by atoms with Crippen LogP contribution in [-0.2, 0) is 0 Å². The Morgan fingerprint density at radius 1 is 1.29 bits per heavy atom. The first kappa shape index (κ1) is 10.9. The second-order valence-corrected chi connectivity index (χ2v) is 5.29. The molecule has 2 atom stereocenters. The average Bonchev–Trinajstić information content (AvgIpc) is 2.88. The van der Waals surface area contributed by atoms with Gasteiger partial charge in [-0.3, -0.25) is 4.90 Å². The van der Waals surface area contributed by atoms with Crippen molar-refractivity contribution in [2.24, 2.45) is 0 Å². The fourth-order valence-electron chi connectivity index (χ4n) is 3.16. The minimum atomic E-state index is 0.385. The predicted octanol–water partition coefficient (Wildman–Crippen LogP) is 2.35. The van der Waals surface area contributed by atoms with Crippen LogP contribution in [0.2, 0.25) is 0 Å². The Morgan fingerprint density at radius 3 is 3.00 bits per heavy atom. The monoisotopic (exact) mass is 232 g/mol. The van der Waals surface area contributed by atoms with E-state index in [0.717, 1.165) is 11.3 Å². The maximum Gasteiger partial charge on any atom is 0.120 e. The Morgan fingerprint density at radius 2 is 2.18 bits per heavy atom. The van der Waals surface area contributed by atoms with E-state index in [1.807, 2.05) is 19.1 Å². The van der Waals surface area contributed by atoms with Crippen molar-refractivity contribution in [3.63, 3.8) is 0 Å². The molecule has 2 saturated heterocycles. The number of aryl methyl sites for hydroxylation is 1.